The summed E-state index contributed by atoms with van der Waals surface area (Å²) in [6.07, 6.45) is 11.8. The molecule has 2 aliphatic rings. The molecular weight excluding hydrogens is 250 g/mol. The van der Waals surface area contributed by atoms with Gasteiger partial charge in [0.1, 0.15) is 0 Å². The molecule has 0 heterocycles. The van der Waals surface area contributed by atoms with Gasteiger partial charge in [-0.05, 0) is 56.3 Å². The molecule has 116 valence electrons. The first-order valence-corrected chi connectivity index (χ1v) is 8.58. The summed E-state index contributed by atoms with van der Waals surface area (Å²) in [5.41, 5.74) is 0.239. The highest BCUT2D eigenvalue weighted by Crippen LogP contribution is 2.48. The van der Waals surface area contributed by atoms with Crippen molar-refractivity contribution in [1.82, 2.24) is 5.32 Å². The third kappa shape index (κ3) is 4.47. The lowest BCUT2D eigenvalue weighted by atomic mass is 9.79. The lowest BCUT2D eigenvalue weighted by Crippen LogP contribution is -2.37. The van der Waals surface area contributed by atoms with E-state index in [9.17, 15) is 4.79 Å². The predicted octanol–water partition coefficient (Wildman–Crippen LogP) is 3.26. The van der Waals surface area contributed by atoms with Crippen LogP contribution >= 0.6 is 0 Å². The molecule has 20 heavy (non-hydrogen) atoms. The van der Waals surface area contributed by atoms with E-state index in [0.29, 0.717) is 0 Å². The summed E-state index contributed by atoms with van der Waals surface area (Å²) in [6.45, 7) is 3.28. The number of aliphatic hydroxyl groups is 1. The van der Waals surface area contributed by atoms with Crippen molar-refractivity contribution < 1.29 is 9.90 Å². The minimum absolute atomic E-state index is 0.239. The molecule has 0 aromatic rings. The van der Waals surface area contributed by atoms with Crippen molar-refractivity contribution in [2.45, 2.75) is 71.1 Å². The van der Waals surface area contributed by atoms with E-state index in [2.05, 4.69) is 12.2 Å². The summed E-state index contributed by atoms with van der Waals surface area (Å²) in [7, 11) is 0. The van der Waals surface area contributed by atoms with E-state index in [1.807, 2.05) is 0 Å². The zero-order chi connectivity index (χ0) is 14.4. The van der Waals surface area contributed by atoms with Crippen molar-refractivity contribution in [3.8, 4) is 0 Å². The third-order valence-electron chi connectivity index (χ3n) is 5.42. The van der Waals surface area contributed by atoms with Gasteiger partial charge in [0.2, 0.25) is 5.91 Å². The van der Waals surface area contributed by atoms with Crippen LogP contribution in [0.25, 0.3) is 0 Å². The highest BCUT2D eigenvalue weighted by Gasteiger charge is 2.42. The zero-order valence-electron chi connectivity index (χ0n) is 13.0. The molecule has 2 N–H and O–H groups in total. The molecule has 2 rings (SSSR count). The SMILES string of the molecule is CCCCC1CCC(C(=O)NCC2(CCO)CC2)CC1. The van der Waals surface area contributed by atoms with Gasteiger partial charge in [-0.1, -0.05) is 26.2 Å². The Morgan fingerprint density at radius 1 is 1.25 bits per heavy atom. The first-order chi connectivity index (χ1) is 9.69. The second kappa shape index (κ2) is 7.44. The van der Waals surface area contributed by atoms with Gasteiger partial charge in [0.25, 0.3) is 0 Å². The maximum atomic E-state index is 12.2. The fourth-order valence-corrected chi connectivity index (χ4v) is 3.55. The van der Waals surface area contributed by atoms with Crippen LogP contribution in [0.1, 0.15) is 71.1 Å². The summed E-state index contributed by atoms with van der Waals surface area (Å²) in [6, 6.07) is 0. The molecule has 0 aromatic carbocycles. The summed E-state index contributed by atoms with van der Waals surface area (Å²) in [5, 5.41) is 12.2. The van der Waals surface area contributed by atoms with Crippen molar-refractivity contribution in [3.63, 3.8) is 0 Å². The van der Waals surface area contributed by atoms with Crippen molar-refractivity contribution in [2.75, 3.05) is 13.2 Å². The zero-order valence-corrected chi connectivity index (χ0v) is 13.0. The summed E-state index contributed by atoms with van der Waals surface area (Å²) >= 11 is 0. The largest absolute Gasteiger partial charge is 0.396 e. The van der Waals surface area contributed by atoms with Crippen LogP contribution in [0, 0.1) is 17.3 Å². The maximum absolute atomic E-state index is 12.2. The molecule has 2 aliphatic carbocycles. The van der Waals surface area contributed by atoms with Crippen LogP contribution < -0.4 is 5.32 Å². The molecule has 0 radical (unpaired) electrons. The molecule has 0 saturated heterocycles. The molecule has 0 unspecified atom stereocenters. The normalized spacial score (nSPS) is 28.1. The van der Waals surface area contributed by atoms with E-state index in [0.717, 1.165) is 44.6 Å². The lowest BCUT2D eigenvalue weighted by molar-refractivity contribution is -0.126. The highest BCUT2D eigenvalue weighted by molar-refractivity contribution is 5.78. The predicted molar refractivity (Wildman–Crippen MR) is 81.4 cm³/mol. The van der Waals surface area contributed by atoms with Gasteiger partial charge >= 0.3 is 0 Å². The van der Waals surface area contributed by atoms with E-state index in [1.54, 1.807) is 0 Å². The number of nitrogens with one attached hydrogen (secondary N) is 1. The van der Waals surface area contributed by atoms with Gasteiger partial charge in [0.15, 0.2) is 0 Å². The Labute approximate surface area is 123 Å². The molecule has 0 aliphatic heterocycles. The topological polar surface area (TPSA) is 49.3 Å². The smallest absolute Gasteiger partial charge is 0.223 e. The summed E-state index contributed by atoms with van der Waals surface area (Å²) < 4.78 is 0. The second-order valence-electron chi connectivity index (χ2n) is 7.05. The number of amides is 1. The molecule has 2 saturated carbocycles. The van der Waals surface area contributed by atoms with Gasteiger partial charge in [0, 0.05) is 19.1 Å². The Morgan fingerprint density at radius 2 is 1.95 bits per heavy atom. The fourth-order valence-electron chi connectivity index (χ4n) is 3.55. The number of carbonyl (C=O) groups excluding carboxylic acids is 1. The van der Waals surface area contributed by atoms with Gasteiger partial charge in [-0.2, -0.15) is 0 Å². The van der Waals surface area contributed by atoms with Gasteiger partial charge in [-0.15, -0.1) is 0 Å². The Hall–Kier alpha value is -0.570. The minimum Gasteiger partial charge on any atom is -0.396 e. The van der Waals surface area contributed by atoms with Crippen LogP contribution in [0.4, 0.5) is 0 Å². The molecule has 0 atom stereocenters. The number of hydrogen-bond donors (Lipinski definition) is 2. The number of unbranched alkanes of at least 4 members (excludes halogenated alkanes) is 1. The number of aliphatic hydroxyl groups excluding tert-OH is 1. The van der Waals surface area contributed by atoms with E-state index >= 15 is 0 Å². The Bertz CT molecular complexity index is 304. The van der Waals surface area contributed by atoms with Crippen molar-refractivity contribution in [1.29, 1.82) is 0 Å². The third-order valence-corrected chi connectivity index (χ3v) is 5.42. The molecule has 1 amide bonds. The summed E-state index contributed by atoms with van der Waals surface area (Å²) in [5.74, 6) is 1.38. The average Bonchev–Trinajstić information content (AvgIpc) is 3.24. The Balaban J connectivity index is 1.64. The number of carbonyl (C=O) groups is 1. The first-order valence-electron chi connectivity index (χ1n) is 8.58. The fraction of sp³-hybridized carbons (Fsp3) is 0.941. The molecular formula is C17H31NO2. The second-order valence-corrected chi connectivity index (χ2v) is 7.05. The lowest BCUT2D eigenvalue weighted by Gasteiger charge is -2.28. The number of rotatable bonds is 8. The molecule has 3 nitrogen and oxygen atoms in total. The van der Waals surface area contributed by atoms with Gasteiger partial charge in [0.05, 0.1) is 0 Å². The van der Waals surface area contributed by atoms with Crippen molar-refractivity contribution in [3.05, 3.63) is 0 Å². The highest BCUT2D eigenvalue weighted by atomic mass is 16.3. The molecule has 0 bridgehead atoms. The Morgan fingerprint density at radius 3 is 2.50 bits per heavy atom. The van der Waals surface area contributed by atoms with Crippen LogP contribution in [0.15, 0.2) is 0 Å². The monoisotopic (exact) mass is 281 g/mol. The Kier molecular flexibility index (Phi) is 5.88. The van der Waals surface area contributed by atoms with Crippen LogP contribution in [0.2, 0.25) is 0 Å². The van der Waals surface area contributed by atoms with Crippen molar-refractivity contribution >= 4 is 5.91 Å². The molecule has 3 heteroatoms. The van der Waals surface area contributed by atoms with Gasteiger partial charge in [-0.3, -0.25) is 4.79 Å². The maximum Gasteiger partial charge on any atom is 0.223 e. The van der Waals surface area contributed by atoms with Crippen LogP contribution in [-0.2, 0) is 4.79 Å². The summed E-state index contributed by atoms with van der Waals surface area (Å²) in [4.78, 5) is 12.2. The van der Waals surface area contributed by atoms with E-state index in [-0.39, 0.29) is 23.8 Å². The minimum atomic E-state index is 0.239. The molecule has 0 spiro atoms. The van der Waals surface area contributed by atoms with Crippen molar-refractivity contribution in [2.24, 2.45) is 17.3 Å². The standard InChI is InChI=1S/C17H31NO2/c1-2-3-4-14-5-7-15(8-6-14)16(20)18-13-17(9-10-17)11-12-19/h14-15,19H,2-13H2,1H3,(H,18,20). The van der Waals surface area contributed by atoms with Gasteiger partial charge in [-0.25, -0.2) is 0 Å². The van der Waals surface area contributed by atoms with Gasteiger partial charge < -0.3 is 10.4 Å². The quantitative estimate of drug-likeness (QED) is 0.717. The average molecular weight is 281 g/mol. The van der Waals surface area contributed by atoms with Crippen LogP contribution in [0.3, 0.4) is 0 Å². The van der Waals surface area contributed by atoms with E-state index in [1.165, 1.54) is 32.1 Å². The first kappa shape index (κ1) is 15.8. The number of hydrogen-bond acceptors (Lipinski definition) is 2. The van der Waals surface area contributed by atoms with Crippen LogP contribution in [-0.4, -0.2) is 24.2 Å². The van der Waals surface area contributed by atoms with E-state index < -0.39 is 0 Å². The molecule has 2 fully saturated rings. The van der Waals surface area contributed by atoms with E-state index in [4.69, 9.17) is 5.11 Å². The van der Waals surface area contributed by atoms with Crippen LogP contribution in [0.5, 0.6) is 0 Å². The molecule has 0 aromatic heterocycles.